The summed E-state index contributed by atoms with van der Waals surface area (Å²) in [7, 11) is -4.30. The van der Waals surface area contributed by atoms with Gasteiger partial charge in [-0.25, -0.2) is 4.57 Å². The fourth-order valence-corrected chi connectivity index (χ4v) is 5.49. The Labute approximate surface area is 311 Å². The van der Waals surface area contributed by atoms with Crippen molar-refractivity contribution in [3.63, 3.8) is 0 Å². The average molecular weight is 734 g/mol. The first-order valence-corrected chi connectivity index (χ1v) is 21.1. The van der Waals surface area contributed by atoms with E-state index >= 15 is 0 Å². The van der Waals surface area contributed by atoms with Crippen molar-refractivity contribution in [3.05, 3.63) is 85.1 Å². The monoisotopic (exact) mass is 734 g/mol. The zero-order chi connectivity index (χ0) is 37.4. The summed E-state index contributed by atoms with van der Waals surface area (Å²) in [5.74, 6) is -0.418. The smallest absolute Gasteiger partial charge is 0.457 e. The van der Waals surface area contributed by atoms with Crippen LogP contribution in [0.2, 0.25) is 0 Å². The van der Waals surface area contributed by atoms with E-state index in [4.69, 9.17) is 24.3 Å². The van der Waals surface area contributed by atoms with Crippen LogP contribution in [0.5, 0.6) is 0 Å². The normalized spacial score (nSPS) is 14.5. The van der Waals surface area contributed by atoms with Crippen molar-refractivity contribution >= 4 is 13.8 Å². The number of phosphoric ester groups is 1. The Bertz CT molecular complexity index is 1050. The predicted molar refractivity (Wildman–Crippen MR) is 215 cm³/mol. The molecule has 0 aliphatic rings. The SMILES string of the molecule is CC/C=C\C/C=C\C/C=C\C/C=C\C/C=C\C/C=C\CCC(=O)OC(COCCCCCCCC/C=C\CCCCC)COP(=O)(O)OCCN. The molecule has 2 atom stereocenters. The molecule has 0 saturated heterocycles. The van der Waals surface area contributed by atoms with E-state index in [1.807, 2.05) is 12.2 Å². The highest BCUT2D eigenvalue weighted by Gasteiger charge is 2.25. The first kappa shape index (κ1) is 48.7. The Hall–Kier alpha value is -2.32. The number of rotatable bonds is 36. The average Bonchev–Trinajstić information content (AvgIpc) is 3.12. The lowest BCUT2D eigenvalue weighted by Crippen LogP contribution is -2.28. The van der Waals surface area contributed by atoms with Gasteiger partial charge in [0.2, 0.25) is 0 Å². The van der Waals surface area contributed by atoms with Crippen molar-refractivity contribution in [2.75, 3.05) is 33.0 Å². The Morgan fingerprint density at radius 2 is 1.10 bits per heavy atom. The van der Waals surface area contributed by atoms with Crippen molar-refractivity contribution in [1.82, 2.24) is 0 Å². The molecule has 3 N–H and O–H groups in total. The molecule has 51 heavy (non-hydrogen) atoms. The maximum absolute atomic E-state index is 12.5. The predicted octanol–water partition coefficient (Wildman–Crippen LogP) is 11.4. The highest BCUT2D eigenvalue weighted by Crippen LogP contribution is 2.43. The Balaban J connectivity index is 4.26. The van der Waals surface area contributed by atoms with Crippen LogP contribution in [0.15, 0.2) is 85.1 Å². The number of carbonyl (C=O) groups excluding carboxylic acids is 1. The topological polar surface area (TPSA) is 117 Å². The van der Waals surface area contributed by atoms with E-state index in [1.54, 1.807) is 0 Å². The van der Waals surface area contributed by atoms with Crippen LogP contribution < -0.4 is 5.73 Å². The van der Waals surface area contributed by atoms with E-state index in [2.05, 4.69) is 86.8 Å². The lowest BCUT2D eigenvalue weighted by atomic mass is 10.1. The van der Waals surface area contributed by atoms with Gasteiger partial charge >= 0.3 is 13.8 Å². The van der Waals surface area contributed by atoms with Crippen LogP contribution in [0, 0.1) is 0 Å². The summed E-state index contributed by atoms with van der Waals surface area (Å²) in [6, 6.07) is 0. The van der Waals surface area contributed by atoms with Crippen LogP contribution in [-0.2, 0) is 27.9 Å². The molecule has 0 spiro atoms. The van der Waals surface area contributed by atoms with Crippen LogP contribution >= 0.6 is 7.82 Å². The molecule has 0 heterocycles. The zero-order valence-corrected chi connectivity index (χ0v) is 32.9. The summed E-state index contributed by atoms with van der Waals surface area (Å²) in [5.41, 5.74) is 5.35. The molecule has 0 aromatic carbocycles. The van der Waals surface area contributed by atoms with Gasteiger partial charge in [-0.15, -0.1) is 0 Å². The van der Waals surface area contributed by atoms with Gasteiger partial charge in [-0.1, -0.05) is 137 Å². The summed E-state index contributed by atoms with van der Waals surface area (Å²) >= 11 is 0. The fraction of sp³-hybridized carbons (Fsp3) is 0.643. The summed E-state index contributed by atoms with van der Waals surface area (Å²) in [6.07, 6.45) is 49.0. The maximum Gasteiger partial charge on any atom is 0.472 e. The molecule has 0 aliphatic heterocycles. The van der Waals surface area contributed by atoms with Crippen LogP contribution in [0.25, 0.3) is 0 Å². The summed E-state index contributed by atoms with van der Waals surface area (Å²) in [5, 5.41) is 0. The van der Waals surface area contributed by atoms with E-state index in [1.165, 1.54) is 44.9 Å². The van der Waals surface area contributed by atoms with Gasteiger partial charge < -0.3 is 20.1 Å². The van der Waals surface area contributed by atoms with Crippen molar-refractivity contribution in [2.24, 2.45) is 5.73 Å². The van der Waals surface area contributed by atoms with Gasteiger partial charge in [0, 0.05) is 19.6 Å². The number of nitrogens with two attached hydrogens (primary N) is 1. The van der Waals surface area contributed by atoms with E-state index < -0.39 is 19.9 Å². The molecule has 8 nitrogen and oxygen atoms in total. The number of unbranched alkanes of at least 4 members (excludes halogenated alkanes) is 9. The Morgan fingerprint density at radius 1 is 0.608 bits per heavy atom. The lowest BCUT2D eigenvalue weighted by molar-refractivity contribution is -0.154. The third-order valence-electron chi connectivity index (χ3n) is 7.56. The minimum Gasteiger partial charge on any atom is -0.457 e. The second-order valence-electron chi connectivity index (χ2n) is 12.4. The van der Waals surface area contributed by atoms with Crippen LogP contribution in [0.4, 0.5) is 0 Å². The molecular formula is C42H72NO7P. The molecule has 0 amide bonds. The molecule has 2 unspecified atom stereocenters. The molecule has 0 aliphatic carbocycles. The minimum atomic E-state index is -4.30. The third kappa shape index (κ3) is 38.7. The number of phosphoric acid groups is 1. The molecule has 0 aromatic heterocycles. The molecule has 0 aromatic rings. The van der Waals surface area contributed by atoms with E-state index in [0.717, 1.165) is 64.2 Å². The molecule has 0 fully saturated rings. The molecule has 0 saturated carbocycles. The van der Waals surface area contributed by atoms with Gasteiger partial charge in [0.25, 0.3) is 0 Å². The van der Waals surface area contributed by atoms with Gasteiger partial charge in [0.1, 0.15) is 6.10 Å². The first-order valence-electron chi connectivity index (χ1n) is 19.6. The fourth-order valence-electron chi connectivity index (χ4n) is 4.72. The van der Waals surface area contributed by atoms with E-state index in [9.17, 15) is 14.3 Å². The van der Waals surface area contributed by atoms with Crippen molar-refractivity contribution in [2.45, 2.75) is 142 Å². The minimum absolute atomic E-state index is 0.0765. The molecular weight excluding hydrogens is 661 g/mol. The standard InChI is InChI=1S/C42H72NO7P/c1-3-5-7-9-11-13-15-17-18-19-20-21-22-23-25-27-29-31-33-35-42(44)50-41(40-49-51(45,46)48-38-36-43)39-47-37-34-32-30-28-26-24-16-14-12-10-8-6-4-2/h5,7,11-14,17-18,20-21,23,25,29,31,41H,3-4,6,8-10,15-16,19,22,24,26-28,30,32-40,43H2,1-2H3,(H,45,46)/b7-5-,13-11-,14-12-,18-17-,21-20-,25-23-,31-29-. The molecule has 292 valence electrons. The van der Waals surface area contributed by atoms with Gasteiger partial charge in [0.05, 0.1) is 19.8 Å². The maximum atomic E-state index is 12.5. The molecule has 9 heteroatoms. The summed E-state index contributed by atoms with van der Waals surface area (Å²) in [4.78, 5) is 22.4. The summed E-state index contributed by atoms with van der Waals surface area (Å²) in [6.45, 7) is 4.63. The second kappa shape index (κ2) is 38.9. The quantitative estimate of drug-likeness (QED) is 0.0283. The number of carbonyl (C=O) groups is 1. The first-order chi connectivity index (χ1) is 24.9. The molecule has 0 bridgehead atoms. The third-order valence-corrected chi connectivity index (χ3v) is 8.54. The number of allylic oxidation sites excluding steroid dienone is 14. The highest BCUT2D eigenvalue weighted by molar-refractivity contribution is 7.47. The van der Waals surface area contributed by atoms with Gasteiger partial charge in [-0.05, 0) is 77.0 Å². The van der Waals surface area contributed by atoms with Gasteiger partial charge in [-0.2, -0.15) is 0 Å². The van der Waals surface area contributed by atoms with Crippen molar-refractivity contribution in [3.8, 4) is 0 Å². The summed E-state index contributed by atoms with van der Waals surface area (Å²) < 4.78 is 33.2. The number of ether oxygens (including phenoxy) is 2. The largest absolute Gasteiger partial charge is 0.472 e. The second-order valence-corrected chi connectivity index (χ2v) is 13.9. The molecule has 0 rings (SSSR count). The van der Waals surface area contributed by atoms with Crippen LogP contribution in [0.1, 0.15) is 136 Å². The van der Waals surface area contributed by atoms with Gasteiger partial charge in [0.15, 0.2) is 0 Å². The van der Waals surface area contributed by atoms with E-state index in [0.29, 0.717) is 13.0 Å². The van der Waals surface area contributed by atoms with E-state index in [-0.39, 0.29) is 32.8 Å². The Morgan fingerprint density at radius 3 is 1.65 bits per heavy atom. The lowest BCUT2D eigenvalue weighted by Gasteiger charge is -2.19. The van der Waals surface area contributed by atoms with Gasteiger partial charge in [-0.3, -0.25) is 13.8 Å². The van der Waals surface area contributed by atoms with Crippen molar-refractivity contribution < 1.29 is 32.8 Å². The zero-order valence-electron chi connectivity index (χ0n) is 32.1. The Kier molecular flexibility index (Phi) is 37.1. The van der Waals surface area contributed by atoms with Crippen LogP contribution in [0.3, 0.4) is 0 Å². The highest BCUT2D eigenvalue weighted by atomic mass is 31.2. The molecule has 0 radical (unpaired) electrons. The number of esters is 1. The number of hydrogen-bond donors (Lipinski definition) is 2. The van der Waals surface area contributed by atoms with Crippen LogP contribution in [-0.4, -0.2) is 49.9 Å². The van der Waals surface area contributed by atoms with Crippen molar-refractivity contribution in [1.29, 1.82) is 0 Å². The number of hydrogen-bond acceptors (Lipinski definition) is 7.